The van der Waals surface area contributed by atoms with Crippen molar-refractivity contribution in [2.24, 2.45) is 5.92 Å². The Morgan fingerprint density at radius 1 is 1.50 bits per heavy atom. The topological polar surface area (TPSA) is 55.8 Å². The van der Waals surface area contributed by atoms with Gasteiger partial charge in [-0.1, -0.05) is 6.92 Å². The molecule has 86 valence electrons. The summed E-state index contributed by atoms with van der Waals surface area (Å²) in [5, 5.41) is 8.75. The molecule has 16 heavy (non-hydrogen) atoms. The Labute approximate surface area is 91.6 Å². The quantitative estimate of drug-likeness (QED) is 0.854. The Morgan fingerprint density at radius 3 is 2.75 bits per heavy atom. The molecule has 2 rings (SSSR count). The Bertz CT molecular complexity index is 430. The van der Waals surface area contributed by atoms with Gasteiger partial charge >= 0.3 is 5.97 Å². The number of halogens is 1. The number of benzene rings is 1. The maximum absolute atomic E-state index is 13.5. The van der Waals surface area contributed by atoms with Crippen LogP contribution in [-0.4, -0.2) is 17.9 Å². The largest absolute Gasteiger partial charge is 0.481 e. The molecule has 1 N–H and O–H groups in total. The second-order valence-corrected chi connectivity index (χ2v) is 3.74. The number of carbonyl (C=O) groups is 1. The number of rotatable bonds is 3. The van der Waals surface area contributed by atoms with Crippen LogP contribution in [0, 0.1) is 11.7 Å². The first-order valence-corrected chi connectivity index (χ1v) is 4.88. The maximum Gasteiger partial charge on any atom is 0.306 e. The van der Waals surface area contributed by atoms with Crippen molar-refractivity contribution >= 4 is 5.97 Å². The van der Waals surface area contributed by atoms with E-state index in [-0.39, 0.29) is 13.2 Å². The summed E-state index contributed by atoms with van der Waals surface area (Å²) in [4.78, 5) is 10.7. The first-order chi connectivity index (χ1) is 7.58. The fraction of sp³-hybridized carbons (Fsp3) is 0.364. The van der Waals surface area contributed by atoms with E-state index in [1.165, 1.54) is 19.1 Å². The highest BCUT2D eigenvalue weighted by molar-refractivity contribution is 5.70. The van der Waals surface area contributed by atoms with Crippen molar-refractivity contribution < 1.29 is 23.8 Å². The van der Waals surface area contributed by atoms with Gasteiger partial charge in [0.2, 0.25) is 6.79 Å². The van der Waals surface area contributed by atoms with Gasteiger partial charge < -0.3 is 14.6 Å². The van der Waals surface area contributed by atoms with Crippen LogP contribution in [0.2, 0.25) is 0 Å². The van der Waals surface area contributed by atoms with Gasteiger partial charge in [-0.3, -0.25) is 4.79 Å². The Kier molecular flexibility index (Phi) is 2.68. The molecule has 0 spiro atoms. The smallest absolute Gasteiger partial charge is 0.306 e. The lowest BCUT2D eigenvalue weighted by atomic mass is 10.0. The molecule has 1 aliphatic heterocycles. The molecule has 0 fully saturated rings. The summed E-state index contributed by atoms with van der Waals surface area (Å²) in [6, 6.07) is 2.73. The van der Waals surface area contributed by atoms with Crippen LogP contribution in [0.25, 0.3) is 0 Å². The highest BCUT2D eigenvalue weighted by Crippen LogP contribution is 2.34. The van der Waals surface area contributed by atoms with Gasteiger partial charge in [0.25, 0.3) is 0 Å². The molecule has 1 aliphatic rings. The van der Waals surface area contributed by atoms with Crippen LogP contribution < -0.4 is 9.47 Å². The number of hydrogen-bond acceptors (Lipinski definition) is 3. The van der Waals surface area contributed by atoms with Crippen LogP contribution in [0.3, 0.4) is 0 Å². The first-order valence-electron chi connectivity index (χ1n) is 4.88. The summed E-state index contributed by atoms with van der Waals surface area (Å²) in [6.45, 7) is 1.61. The number of fused-ring (bicyclic) bond motifs is 1. The lowest BCUT2D eigenvalue weighted by molar-refractivity contribution is -0.141. The molecule has 0 saturated carbocycles. The number of hydrogen-bond donors (Lipinski definition) is 1. The molecule has 1 heterocycles. The standard InChI is InChI=1S/C11H11FO4/c1-6(11(13)14)2-7-3-9-10(4-8(7)12)16-5-15-9/h3-4,6H,2,5H2,1H3,(H,13,14). The molecule has 0 bridgehead atoms. The van der Waals surface area contributed by atoms with Crippen molar-refractivity contribution in [3.63, 3.8) is 0 Å². The number of carboxylic acid groups (broad SMARTS) is 1. The highest BCUT2D eigenvalue weighted by atomic mass is 19.1. The van der Waals surface area contributed by atoms with Crippen LogP contribution in [0.15, 0.2) is 12.1 Å². The second kappa shape index (κ2) is 4.00. The third-order valence-corrected chi connectivity index (χ3v) is 2.49. The van der Waals surface area contributed by atoms with E-state index < -0.39 is 17.7 Å². The predicted octanol–water partition coefficient (Wildman–Crippen LogP) is 1.82. The van der Waals surface area contributed by atoms with Gasteiger partial charge in [-0.05, 0) is 18.1 Å². The Hall–Kier alpha value is -1.78. The van der Waals surface area contributed by atoms with Crippen molar-refractivity contribution in [1.82, 2.24) is 0 Å². The minimum absolute atomic E-state index is 0.0761. The molecular weight excluding hydrogens is 215 g/mol. The molecular formula is C11H11FO4. The van der Waals surface area contributed by atoms with Gasteiger partial charge in [0.1, 0.15) is 5.82 Å². The zero-order valence-corrected chi connectivity index (χ0v) is 8.70. The molecule has 0 amide bonds. The van der Waals surface area contributed by atoms with Gasteiger partial charge in [-0.25, -0.2) is 4.39 Å². The van der Waals surface area contributed by atoms with Crippen molar-refractivity contribution in [1.29, 1.82) is 0 Å². The van der Waals surface area contributed by atoms with Crippen LogP contribution in [0.1, 0.15) is 12.5 Å². The monoisotopic (exact) mass is 226 g/mol. The normalized spacial score (nSPS) is 14.9. The average Bonchev–Trinajstić information content (AvgIpc) is 2.65. The minimum Gasteiger partial charge on any atom is -0.481 e. The molecule has 0 saturated heterocycles. The van der Waals surface area contributed by atoms with E-state index in [2.05, 4.69) is 0 Å². The highest BCUT2D eigenvalue weighted by Gasteiger charge is 2.20. The molecule has 1 atom stereocenters. The Morgan fingerprint density at radius 2 is 2.12 bits per heavy atom. The van der Waals surface area contributed by atoms with Crippen molar-refractivity contribution in [3.8, 4) is 11.5 Å². The zero-order valence-electron chi connectivity index (χ0n) is 8.70. The number of aliphatic carboxylic acids is 1. The van der Waals surface area contributed by atoms with Crippen LogP contribution in [-0.2, 0) is 11.2 Å². The van der Waals surface area contributed by atoms with Gasteiger partial charge in [0, 0.05) is 6.07 Å². The van der Waals surface area contributed by atoms with E-state index in [1.807, 2.05) is 0 Å². The molecule has 1 aromatic rings. The molecule has 1 aromatic carbocycles. The van der Waals surface area contributed by atoms with Crippen molar-refractivity contribution in [2.45, 2.75) is 13.3 Å². The van der Waals surface area contributed by atoms with E-state index in [0.29, 0.717) is 17.1 Å². The molecule has 0 aromatic heterocycles. The third kappa shape index (κ3) is 1.93. The predicted molar refractivity (Wildman–Crippen MR) is 53.0 cm³/mol. The molecule has 4 nitrogen and oxygen atoms in total. The lowest BCUT2D eigenvalue weighted by Gasteiger charge is -2.08. The minimum atomic E-state index is -0.947. The van der Waals surface area contributed by atoms with E-state index >= 15 is 0 Å². The maximum atomic E-state index is 13.5. The molecule has 0 radical (unpaired) electrons. The van der Waals surface area contributed by atoms with E-state index in [4.69, 9.17) is 14.6 Å². The van der Waals surface area contributed by atoms with Crippen molar-refractivity contribution in [2.75, 3.05) is 6.79 Å². The third-order valence-electron chi connectivity index (χ3n) is 2.49. The van der Waals surface area contributed by atoms with Crippen molar-refractivity contribution in [3.05, 3.63) is 23.5 Å². The van der Waals surface area contributed by atoms with E-state index in [9.17, 15) is 9.18 Å². The van der Waals surface area contributed by atoms with E-state index in [1.54, 1.807) is 0 Å². The second-order valence-electron chi connectivity index (χ2n) is 3.74. The zero-order chi connectivity index (χ0) is 11.7. The van der Waals surface area contributed by atoms with Crippen LogP contribution >= 0.6 is 0 Å². The summed E-state index contributed by atoms with van der Waals surface area (Å²) in [5.74, 6) is -1.21. The van der Waals surface area contributed by atoms with E-state index in [0.717, 1.165) is 0 Å². The first kappa shape index (κ1) is 10.7. The number of carboxylic acids is 1. The summed E-state index contributed by atoms with van der Waals surface area (Å²) in [5.41, 5.74) is 0.333. The molecule has 1 unspecified atom stereocenters. The molecule has 5 heteroatoms. The lowest BCUT2D eigenvalue weighted by Crippen LogP contribution is -2.13. The molecule has 0 aliphatic carbocycles. The van der Waals surface area contributed by atoms with Crippen LogP contribution in [0.4, 0.5) is 4.39 Å². The van der Waals surface area contributed by atoms with Gasteiger partial charge in [-0.15, -0.1) is 0 Å². The van der Waals surface area contributed by atoms with Gasteiger partial charge in [0.05, 0.1) is 5.92 Å². The fourth-order valence-corrected chi connectivity index (χ4v) is 1.53. The SMILES string of the molecule is CC(Cc1cc2c(cc1F)OCO2)C(=O)O. The van der Waals surface area contributed by atoms with Gasteiger partial charge in [-0.2, -0.15) is 0 Å². The fourth-order valence-electron chi connectivity index (χ4n) is 1.53. The summed E-state index contributed by atoms with van der Waals surface area (Å²) in [6.07, 6.45) is 0.137. The van der Waals surface area contributed by atoms with Gasteiger partial charge in [0.15, 0.2) is 11.5 Å². The average molecular weight is 226 g/mol. The Balaban J connectivity index is 2.25. The number of ether oxygens (including phenoxy) is 2. The summed E-state index contributed by atoms with van der Waals surface area (Å²) in [7, 11) is 0. The summed E-state index contributed by atoms with van der Waals surface area (Å²) >= 11 is 0. The summed E-state index contributed by atoms with van der Waals surface area (Å²) < 4.78 is 23.6. The van der Waals surface area contributed by atoms with Crippen LogP contribution in [0.5, 0.6) is 11.5 Å².